The van der Waals surface area contributed by atoms with E-state index in [0.717, 1.165) is 50.0 Å². The predicted molar refractivity (Wildman–Crippen MR) is 109 cm³/mol. The number of furan rings is 1. The molecule has 0 atom stereocenters. The Morgan fingerprint density at radius 1 is 1.25 bits per heavy atom. The van der Waals surface area contributed by atoms with Gasteiger partial charge in [-0.1, -0.05) is 0 Å². The normalized spacial score (nSPS) is 19.7. The van der Waals surface area contributed by atoms with Gasteiger partial charge in [0.15, 0.2) is 5.78 Å². The average molecular weight is 398 g/mol. The van der Waals surface area contributed by atoms with E-state index in [9.17, 15) is 9.59 Å². The van der Waals surface area contributed by atoms with Gasteiger partial charge in [0.05, 0.1) is 29.5 Å². The summed E-state index contributed by atoms with van der Waals surface area (Å²) >= 11 is 1.01. The highest BCUT2D eigenvalue weighted by molar-refractivity contribution is 8.18. The molecule has 0 radical (unpaired) electrons. The van der Waals surface area contributed by atoms with E-state index in [-0.39, 0.29) is 17.3 Å². The van der Waals surface area contributed by atoms with Crippen molar-refractivity contribution in [2.45, 2.75) is 38.5 Å². The molecule has 7 heteroatoms. The quantitative estimate of drug-likeness (QED) is 0.541. The van der Waals surface area contributed by atoms with Crippen LogP contribution in [0.1, 0.15) is 43.4 Å². The molecule has 2 aliphatic heterocycles. The van der Waals surface area contributed by atoms with Gasteiger partial charge in [-0.15, -0.1) is 0 Å². The second-order valence-corrected chi connectivity index (χ2v) is 8.42. The fourth-order valence-electron chi connectivity index (χ4n) is 3.72. The van der Waals surface area contributed by atoms with Crippen LogP contribution in [0.15, 0.2) is 40.2 Å². The fourth-order valence-corrected chi connectivity index (χ4v) is 4.54. The minimum atomic E-state index is -0.119. The molecule has 2 aromatic rings. The molecule has 28 heavy (non-hydrogen) atoms. The van der Waals surface area contributed by atoms with Crippen LogP contribution in [0.5, 0.6) is 0 Å². The first kappa shape index (κ1) is 18.9. The molecule has 4 heterocycles. The Morgan fingerprint density at radius 3 is 2.82 bits per heavy atom. The number of allylic oxidation sites excluding steroid dienone is 1. The monoisotopic (exact) mass is 397 g/mol. The van der Waals surface area contributed by atoms with E-state index in [0.29, 0.717) is 16.5 Å². The third-order valence-corrected chi connectivity index (χ3v) is 6.24. The number of piperidine rings is 1. The molecular formula is C21H23N3O3S. The maximum absolute atomic E-state index is 11.8. The number of aryl methyl sites for hydroxylation is 1. The molecular weight excluding hydrogens is 374 g/mol. The Hall–Kier alpha value is -2.41. The lowest BCUT2D eigenvalue weighted by molar-refractivity contribution is -0.119. The van der Waals surface area contributed by atoms with Gasteiger partial charge in [-0.3, -0.25) is 9.59 Å². The van der Waals surface area contributed by atoms with Gasteiger partial charge in [0.2, 0.25) is 11.1 Å². The Kier molecular flexibility index (Phi) is 5.90. The van der Waals surface area contributed by atoms with Crippen molar-refractivity contribution in [1.82, 2.24) is 9.97 Å². The smallest absolute Gasteiger partial charge is 0.225 e. The van der Waals surface area contributed by atoms with Crippen LogP contribution in [0.25, 0.3) is 6.08 Å². The van der Waals surface area contributed by atoms with Gasteiger partial charge >= 0.3 is 0 Å². The lowest BCUT2D eigenvalue weighted by Gasteiger charge is -2.32. The van der Waals surface area contributed by atoms with Crippen LogP contribution in [0.3, 0.4) is 0 Å². The molecule has 0 aliphatic carbocycles. The zero-order chi connectivity index (χ0) is 19.3. The number of Topliss-reactive ketones (excluding diaryl/α,β-unsaturated/α-hetero) is 1. The predicted octanol–water partition coefficient (Wildman–Crippen LogP) is 3.88. The van der Waals surface area contributed by atoms with Crippen LogP contribution < -0.4 is 4.90 Å². The summed E-state index contributed by atoms with van der Waals surface area (Å²) in [5.41, 5.74) is 1.95. The molecule has 2 fully saturated rings. The van der Waals surface area contributed by atoms with Crippen LogP contribution in [-0.2, 0) is 16.0 Å². The van der Waals surface area contributed by atoms with E-state index >= 15 is 0 Å². The standard InChI is InChI=1S/C21H23N3O3S/c25-18-13-20(26)28-19(18)12-17-4-8-22-21(23-17)24-9-5-15(6-10-24)2-1-3-16-7-11-27-14-16/h4,7-8,11-12,14-15H,1-3,5-6,9-10,13H2/b19-12-. The highest BCUT2D eigenvalue weighted by Crippen LogP contribution is 2.30. The van der Waals surface area contributed by atoms with E-state index in [2.05, 4.69) is 14.9 Å². The molecule has 6 nitrogen and oxygen atoms in total. The number of carbonyl (C=O) groups excluding carboxylic acids is 2. The Bertz CT molecular complexity index is 871. The Balaban J connectivity index is 1.30. The van der Waals surface area contributed by atoms with Crippen LogP contribution in [0, 0.1) is 5.92 Å². The molecule has 0 bridgehead atoms. The van der Waals surface area contributed by atoms with Gasteiger partial charge in [-0.05, 0) is 73.6 Å². The minimum absolute atomic E-state index is 0.0114. The number of nitrogens with zero attached hydrogens (tertiary/aromatic N) is 3. The number of rotatable bonds is 6. The molecule has 0 N–H and O–H groups in total. The third kappa shape index (κ3) is 4.70. The highest BCUT2D eigenvalue weighted by Gasteiger charge is 2.26. The minimum Gasteiger partial charge on any atom is -0.472 e. The number of hydrogen-bond donors (Lipinski definition) is 0. The molecule has 2 aliphatic rings. The second-order valence-electron chi connectivity index (χ2n) is 7.32. The summed E-state index contributed by atoms with van der Waals surface area (Å²) in [6.07, 6.45) is 12.8. The van der Waals surface area contributed by atoms with Crippen molar-refractivity contribution in [3.63, 3.8) is 0 Å². The fraction of sp³-hybridized carbons (Fsp3) is 0.429. The van der Waals surface area contributed by atoms with Crippen molar-refractivity contribution in [2.75, 3.05) is 18.0 Å². The summed E-state index contributed by atoms with van der Waals surface area (Å²) in [6, 6.07) is 3.81. The van der Waals surface area contributed by atoms with Crippen LogP contribution in [0.4, 0.5) is 5.95 Å². The van der Waals surface area contributed by atoms with Gasteiger partial charge in [0.1, 0.15) is 0 Å². The highest BCUT2D eigenvalue weighted by atomic mass is 32.2. The molecule has 146 valence electrons. The lowest BCUT2D eigenvalue weighted by Crippen LogP contribution is -2.35. The first-order valence-corrected chi connectivity index (χ1v) is 10.5. The van der Waals surface area contributed by atoms with Crippen molar-refractivity contribution in [3.05, 3.63) is 47.0 Å². The number of anilines is 1. The number of aromatic nitrogens is 2. The second kappa shape index (κ2) is 8.73. The van der Waals surface area contributed by atoms with Crippen LogP contribution >= 0.6 is 11.8 Å². The first-order valence-electron chi connectivity index (χ1n) is 9.72. The topological polar surface area (TPSA) is 76.3 Å². The van der Waals surface area contributed by atoms with Crippen LogP contribution in [0.2, 0.25) is 0 Å². The average Bonchev–Trinajstić information content (AvgIpc) is 3.32. The van der Waals surface area contributed by atoms with E-state index in [1.807, 2.05) is 12.3 Å². The van der Waals surface area contributed by atoms with Crippen LogP contribution in [-0.4, -0.2) is 34.0 Å². The zero-order valence-corrected chi connectivity index (χ0v) is 16.5. The summed E-state index contributed by atoms with van der Waals surface area (Å²) in [4.78, 5) is 34.9. The molecule has 0 unspecified atom stereocenters. The summed E-state index contributed by atoms with van der Waals surface area (Å²) in [7, 11) is 0. The zero-order valence-electron chi connectivity index (χ0n) is 15.7. The summed E-state index contributed by atoms with van der Waals surface area (Å²) < 4.78 is 5.12. The molecule has 0 amide bonds. The number of ketones is 1. The summed E-state index contributed by atoms with van der Waals surface area (Å²) in [5.74, 6) is 1.33. The number of carbonyl (C=O) groups is 2. The van der Waals surface area contributed by atoms with E-state index in [1.54, 1.807) is 24.6 Å². The van der Waals surface area contributed by atoms with Gasteiger partial charge in [0.25, 0.3) is 0 Å². The largest absolute Gasteiger partial charge is 0.472 e. The maximum Gasteiger partial charge on any atom is 0.225 e. The summed E-state index contributed by atoms with van der Waals surface area (Å²) in [6.45, 7) is 1.89. The van der Waals surface area contributed by atoms with Crippen molar-refractivity contribution in [3.8, 4) is 0 Å². The lowest BCUT2D eigenvalue weighted by atomic mass is 9.91. The molecule has 0 spiro atoms. The SMILES string of the molecule is O=C1CC(=O)/C(=C/c2ccnc(N3CCC(CCCc4ccoc4)CC3)n2)S1. The molecule has 2 saturated heterocycles. The van der Waals surface area contributed by atoms with Gasteiger partial charge in [-0.25, -0.2) is 9.97 Å². The maximum atomic E-state index is 11.8. The van der Waals surface area contributed by atoms with E-state index in [4.69, 9.17) is 4.42 Å². The molecule has 4 rings (SSSR count). The third-order valence-electron chi connectivity index (χ3n) is 5.30. The van der Waals surface area contributed by atoms with Crippen molar-refractivity contribution in [2.24, 2.45) is 5.92 Å². The first-order chi connectivity index (χ1) is 13.7. The van der Waals surface area contributed by atoms with Gasteiger partial charge in [-0.2, -0.15) is 0 Å². The Labute approximate surface area is 168 Å². The van der Waals surface area contributed by atoms with Gasteiger partial charge < -0.3 is 9.32 Å². The van der Waals surface area contributed by atoms with E-state index < -0.39 is 0 Å². The van der Waals surface area contributed by atoms with Crippen molar-refractivity contribution in [1.29, 1.82) is 0 Å². The summed E-state index contributed by atoms with van der Waals surface area (Å²) in [5, 5.41) is -0.0969. The van der Waals surface area contributed by atoms with Crippen molar-refractivity contribution >= 4 is 34.7 Å². The van der Waals surface area contributed by atoms with Crippen molar-refractivity contribution < 1.29 is 14.0 Å². The van der Waals surface area contributed by atoms with E-state index in [1.165, 1.54) is 18.4 Å². The van der Waals surface area contributed by atoms with Gasteiger partial charge in [0, 0.05) is 19.3 Å². The number of hydrogen-bond acceptors (Lipinski definition) is 7. The molecule has 0 aromatic carbocycles. The Morgan fingerprint density at radius 2 is 2.11 bits per heavy atom. The molecule has 2 aromatic heterocycles. The molecule has 0 saturated carbocycles. The number of thioether (sulfide) groups is 1.